The van der Waals surface area contributed by atoms with Crippen molar-refractivity contribution >= 4 is 23.2 Å². The maximum absolute atomic E-state index is 12.5. The zero-order chi connectivity index (χ0) is 20.2. The number of aliphatic imine (C=N–C) groups is 1. The van der Waals surface area contributed by atoms with Crippen LogP contribution in [0.2, 0.25) is 0 Å². The molecule has 4 heteroatoms. The summed E-state index contributed by atoms with van der Waals surface area (Å²) in [5, 5.41) is 3.05. The minimum Gasteiger partial charge on any atom is -0.321 e. The quantitative estimate of drug-likeness (QED) is 0.606. The Hall–Kier alpha value is -3.01. The van der Waals surface area contributed by atoms with Crippen LogP contribution < -0.4 is 5.32 Å². The Kier molecular flexibility index (Phi) is 5.70. The van der Waals surface area contributed by atoms with Gasteiger partial charge in [0.1, 0.15) is 0 Å². The van der Waals surface area contributed by atoms with Crippen LogP contribution in [0.3, 0.4) is 0 Å². The summed E-state index contributed by atoms with van der Waals surface area (Å²) in [7, 11) is 0. The largest absolute Gasteiger partial charge is 0.321 e. The van der Waals surface area contributed by atoms with Gasteiger partial charge in [-0.2, -0.15) is 0 Å². The van der Waals surface area contributed by atoms with Gasteiger partial charge in [0, 0.05) is 22.3 Å². The van der Waals surface area contributed by atoms with E-state index in [0.29, 0.717) is 16.8 Å². The number of nitrogens with one attached hydrogen (secondary N) is 1. The Balaban J connectivity index is 1.70. The Bertz CT molecular complexity index is 1020. The Morgan fingerprint density at radius 2 is 1.41 bits per heavy atom. The summed E-state index contributed by atoms with van der Waals surface area (Å²) in [4.78, 5) is 29.4. The van der Waals surface area contributed by atoms with Gasteiger partial charge in [-0.25, -0.2) is 4.99 Å². The lowest BCUT2D eigenvalue weighted by Crippen LogP contribution is -2.17. The van der Waals surface area contributed by atoms with Gasteiger partial charge in [0.15, 0.2) is 0 Å². The first kappa shape index (κ1) is 19.3. The van der Waals surface area contributed by atoms with Crippen molar-refractivity contribution in [3.63, 3.8) is 0 Å². The van der Waals surface area contributed by atoms with E-state index in [9.17, 15) is 9.59 Å². The summed E-state index contributed by atoms with van der Waals surface area (Å²) in [5.74, 6) is -0.288. The topological polar surface area (TPSA) is 58.5 Å². The average Bonchev–Trinajstić information content (AvgIpc) is 3.26. The summed E-state index contributed by atoms with van der Waals surface area (Å²) in [6.45, 7) is 2.22. The van der Waals surface area contributed by atoms with Gasteiger partial charge < -0.3 is 5.32 Å². The molecule has 2 aromatic rings. The van der Waals surface area contributed by atoms with Crippen LogP contribution in [0.25, 0.3) is 5.70 Å². The summed E-state index contributed by atoms with van der Waals surface area (Å²) >= 11 is 0. The number of carbonyl (C=O) groups is 2. The number of unbranched alkanes of at least 4 members (excludes halogenated alkanes) is 5. The predicted octanol–water partition coefficient (Wildman–Crippen LogP) is 5.53. The summed E-state index contributed by atoms with van der Waals surface area (Å²) in [5.41, 5.74) is 5.58. The van der Waals surface area contributed by atoms with Gasteiger partial charge in [-0.05, 0) is 25.0 Å². The molecule has 4 nitrogen and oxygen atoms in total. The van der Waals surface area contributed by atoms with Gasteiger partial charge >= 0.3 is 0 Å². The van der Waals surface area contributed by atoms with Crippen LogP contribution in [0.1, 0.15) is 83.7 Å². The van der Waals surface area contributed by atoms with Crippen LogP contribution in [0.4, 0.5) is 0 Å². The van der Waals surface area contributed by atoms with Crippen molar-refractivity contribution < 1.29 is 9.59 Å². The van der Waals surface area contributed by atoms with E-state index in [1.165, 1.54) is 25.7 Å². The lowest BCUT2D eigenvalue weighted by Gasteiger charge is -2.13. The summed E-state index contributed by atoms with van der Waals surface area (Å²) in [6, 6.07) is 15.2. The highest BCUT2D eigenvalue weighted by molar-refractivity contribution is 6.30. The minimum absolute atomic E-state index is 0.0887. The fraction of sp³-hybridized carbons (Fsp3) is 0.320. The van der Waals surface area contributed by atoms with Crippen LogP contribution in [0.5, 0.6) is 0 Å². The van der Waals surface area contributed by atoms with Crippen molar-refractivity contribution in [3.05, 3.63) is 76.4 Å². The van der Waals surface area contributed by atoms with Gasteiger partial charge in [-0.15, -0.1) is 0 Å². The lowest BCUT2D eigenvalue weighted by molar-refractivity contribution is 0.0978. The standard InChI is InChI=1S/C25H26N2O2/c1-2-3-4-5-6-7-16-21(22-17-12-8-10-14-19(17)24(28)26-22)23-18-13-9-11-15-20(18)25(29)27-23/h8-15H,2-7,16H2,1H3,(H,26,28)/b22-21-. The molecule has 2 aliphatic rings. The molecule has 0 aromatic heterocycles. The number of fused-ring (bicyclic) bond motifs is 2. The third kappa shape index (κ3) is 3.80. The average molecular weight is 386 g/mol. The van der Waals surface area contributed by atoms with Crippen LogP contribution >= 0.6 is 0 Å². The third-order valence-corrected chi connectivity index (χ3v) is 5.67. The third-order valence-electron chi connectivity index (χ3n) is 5.67. The second kappa shape index (κ2) is 8.56. The van der Waals surface area contributed by atoms with Gasteiger partial charge in [0.25, 0.3) is 11.8 Å². The minimum atomic E-state index is -0.200. The van der Waals surface area contributed by atoms with Crippen LogP contribution in [-0.4, -0.2) is 17.5 Å². The maximum Gasteiger partial charge on any atom is 0.278 e. The highest BCUT2D eigenvalue weighted by atomic mass is 16.2. The van der Waals surface area contributed by atoms with Crippen LogP contribution in [0, 0.1) is 0 Å². The first-order valence-electron chi connectivity index (χ1n) is 10.6. The number of benzene rings is 2. The van der Waals surface area contributed by atoms with E-state index in [2.05, 4.69) is 17.2 Å². The zero-order valence-electron chi connectivity index (χ0n) is 16.8. The van der Waals surface area contributed by atoms with E-state index < -0.39 is 0 Å². The molecule has 29 heavy (non-hydrogen) atoms. The predicted molar refractivity (Wildman–Crippen MR) is 116 cm³/mol. The zero-order valence-corrected chi connectivity index (χ0v) is 16.8. The SMILES string of the molecule is CCCCCCCC/C(C1=NC(=O)c2ccccc21)=C1/NC(=O)c2ccccc21. The fourth-order valence-electron chi connectivity index (χ4n) is 4.16. The number of carbonyl (C=O) groups excluding carboxylic acids is 2. The van der Waals surface area contributed by atoms with E-state index >= 15 is 0 Å². The molecule has 148 valence electrons. The highest BCUT2D eigenvalue weighted by Crippen LogP contribution is 2.33. The Morgan fingerprint density at radius 3 is 2.17 bits per heavy atom. The lowest BCUT2D eigenvalue weighted by atomic mass is 9.92. The molecule has 0 bridgehead atoms. The molecule has 0 aliphatic carbocycles. The molecule has 2 amide bonds. The Labute approximate surface area is 171 Å². The summed E-state index contributed by atoms with van der Waals surface area (Å²) < 4.78 is 0. The number of rotatable bonds is 8. The molecule has 2 heterocycles. The Morgan fingerprint density at radius 1 is 0.793 bits per heavy atom. The molecule has 0 spiro atoms. The number of allylic oxidation sites excluding steroid dienone is 1. The maximum atomic E-state index is 12.5. The molecular formula is C25H26N2O2. The molecule has 0 fully saturated rings. The monoisotopic (exact) mass is 386 g/mol. The molecule has 0 atom stereocenters. The molecule has 0 saturated carbocycles. The first-order chi connectivity index (χ1) is 14.2. The smallest absolute Gasteiger partial charge is 0.278 e. The molecule has 2 aromatic carbocycles. The second-order valence-electron chi connectivity index (χ2n) is 7.68. The van der Waals surface area contributed by atoms with E-state index in [0.717, 1.165) is 41.7 Å². The van der Waals surface area contributed by atoms with Crippen molar-refractivity contribution in [3.8, 4) is 0 Å². The van der Waals surface area contributed by atoms with E-state index in [4.69, 9.17) is 0 Å². The van der Waals surface area contributed by atoms with Crippen LogP contribution in [0.15, 0.2) is 59.1 Å². The van der Waals surface area contributed by atoms with Crippen LogP contribution in [-0.2, 0) is 0 Å². The molecule has 0 unspecified atom stereocenters. The fourth-order valence-corrected chi connectivity index (χ4v) is 4.16. The molecule has 1 N–H and O–H groups in total. The summed E-state index contributed by atoms with van der Waals surface area (Å²) in [6.07, 6.45) is 7.90. The van der Waals surface area contributed by atoms with Crippen molar-refractivity contribution in [2.45, 2.75) is 51.9 Å². The number of nitrogens with zero attached hydrogens (tertiary/aromatic N) is 1. The van der Waals surface area contributed by atoms with Crippen molar-refractivity contribution in [2.24, 2.45) is 4.99 Å². The number of hydrogen-bond acceptors (Lipinski definition) is 2. The van der Waals surface area contributed by atoms with Crippen molar-refractivity contribution in [2.75, 3.05) is 0 Å². The van der Waals surface area contributed by atoms with Gasteiger partial charge in [0.2, 0.25) is 0 Å². The van der Waals surface area contributed by atoms with E-state index in [1.54, 1.807) is 0 Å². The van der Waals surface area contributed by atoms with Gasteiger partial charge in [-0.1, -0.05) is 75.4 Å². The molecular weight excluding hydrogens is 360 g/mol. The normalized spacial score (nSPS) is 16.4. The number of amides is 2. The van der Waals surface area contributed by atoms with Crippen molar-refractivity contribution in [1.29, 1.82) is 0 Å². The van der Waals surface area contributed by atoms with Gasteiger partial charge in [0.05, 0.1) is 17.0 Å². The molecule has 2 aliphatic heterocycles. The van der Waals surface area contributed by atoms with Gasteiger partial charge in [-0.3, -0.25) is 9.59 Å². The van der Waals surface area contributed by atoms with E-state index in [1.807, 2.05) is 48.5 Å². The number of hydrogen-bond donors (Lipinski definition) is 1. The molecule has 0 radical (unpaired) electrons. The van der Waals surface area contributed by atoms with E-state index in [-0.39, 0.29) is 11.8 Å². The first-order valence-corrected chi connectivity index (χ1v) is 10.6. The molecule has 0 saturated heterocycles. The highest BCUT2D eigenvalue weighted by Gasteiger charge is 2.31. The molecule has 4 rings (SSSR count). The second-order valence-corrected chi connectivity index (χ2v) is 7.68. The van der Waals surface area contributed by atoms with Crippen molar-refractivity contribution in [1.82, 2.24) is 5.32 Å².